The first-order valence-electron chi connectivity index (χ1n) is 10.5. The van der Waals surface area contributed by atoms with Crippen LogP contribution in [0.2, 0.25) is 0 Å². The number of likely N-dealkylation sites (N-methyl/N-ethyl adjacent to an activating group) is 1. The summed E-state index contributed by atoms with van der Waals surface area (Å²) in [5.41, 5.74) is 5.45. The number of para-hydroxylation sites is 1. The number of furan rings is 1. The van der Waals surface area contributed by atoms with Crippen molar-refractivity contribution in [3.63, 3.8) is 0 Å². The Morgan fingerprint density at radius 3 is 2.39 bits per heavy atom. The molecule has 0 bridgehead atoms. The molecule has 0 unspecified atom stereocenters. The summed E-state index contributed by atoms with van der Waals surface area (Å²) in [6, 6.07) is 11.2. The number of aryl methyl sites for hydroxylation is 3. The van der Waals surface area contributed by atoms with E-state index in [1.807, 2.05) is 71.0 Å². The zero-order valence-electron chi connectivity index (χ0n) is 19.2. The fourth-order valence-corrected chi connectivity index (χ4v) is 3.83. The van der Waals surface area contributed by atoms with Crippen molar-refractivity contribution >= 4 is 17.4 Å². The fourth-order valence-electron chi connectivity index (χ4n) is 3.83. The van der Waals surface area contributed by atoms with Gasteiger partial charge in [-0.3, -0.25) is 14.5 Å². The molecule has 2 aromatic heterocycles. The fraction of sp³-hybridized carbons (Fsp3) is 0.360. The van der Waals surface area contributed by atoms with E-state index in [1.165, 1.54) is 0 Å². The number of nitrogens with zero attached hydrogens (tertiary/aromatic N) is 2. The minimum absolute atomic E-state index is 0.00108. The highest BCUT2D eigenvalue weighted by atomic mass is 16.3. The third-order valence-corrected chi connectivity index (χ3v) is 5.91. The molecular weight excluding hydrogens is 390 g/mol. The lowest BCUT2D eigenvalue weighted by atomic mass is 10.0. The molecular formula is C25H31N3O3. The van der Waals surface area contributed by atoms with Gasteiger partial charge in [0.25, 0.3) is 0 Å². The Balaban J connectivity index is 1.68. The SMILES string of the molecule is Cc1cccc(C)c1NC(=O)CN(C)[C@@H](C)C(=O)c1cc(C)n(Cc2ccco2)c1C. The molecule has 0 aliphatic heterocycles. The number of hydrogen-bond acceptors (Lipinski definition) is 4. The van der Waals surface area contributed by atoms with Crippen LogP contribution in [0, 0.1) is 27.7 Å². The van der Waals surface area contributed by atoms with Crippen molar-refractivity contribution in [1.82, 2.24) is 9.47 Å². The molecule has 3 aromatic rings. The molecule has 1 aromatic carbocycles. The molecule has 0 saturated carbocycles. The number of Topliss-reactive ketones (excluding diaryl/α,β-unsaturated/α-hetero) is 1. The van der Waals surface area contributed by atoms with Crippen LogP contribution in [0.3, 0.4) is 0 Å². The van der Waals surface area contributed by atoms with Crippen molar-refractivity contribution in [1.29, 1.82) is 0 Å². The first-order chi connectivity index (χ1) is 14.7. The third-order valence-electron chi connectivity index (χ3n) is 5.91. The van der Waals surface area contributed by atoms with Crippen LogP contribution in [0.15, 0.2) is 47.1 Å². The van der Waals surface area contributed by atoms with E-state index < -0.39 is 6.04 Å². The molecule has 0 aliphatic carbocycles. The van der Waals surface area contributed by atoms with E-state index in [9.17, 15) is 9.59 Å². The monoisotopic (exact) mass is 421 g/mol. The van der Waals surface area contributed by atoms with Gasteiger partial charge in [-0.1, -0.05) is 18.2 Å². The number of nitrogens with one attached hydrogen (secondary N) is 1. The maximum absolute atomic E-state index is 13.2. The van der Waals surface area contributed by atoms with Crippen LogP contribution in [-0.2, 0) is 11.3 Å². The Kier molecular flexibility index (Phi) is 6.81. The van der Waals surface area contributed by atoms with Gasteiger partial charge in [0.15, 0.2) is 5.78 Å². The Hall–Kier alpha value is -3.12. The van der Waals surface area contributed by atoms with Crippen LogP contribution < -0.4 is 5.32 Å². The summed E-state index contributed by atoms with van der Waals surface area (Å²) >= 11 is 0. The lowest BCUT2D eigenvalue weighted by molar-refractivity contribution is -0.117. The summed E-state index contributed by atoms with van der Waals surface area (Å²) in [6.07, 6.45) is 1.65. The maximum Gasteiger partial charge on any atom is 0.238 e. The molecule has 0 aliphatic rings. The number of amides is 1. The van der Waals surface area contributed by atoms with Crippen molar-refractivity contribution in [3.05, 3.63) is 76.5 Å². The molecule has 0 saturated heterocycles. The molecule has 2 heterocycles. The maximum atomic E-state index is 13.2. The van der Waals surface area contributed by atoms with Gasteiger partial charge in [-0.05, 0) is 71.0 Å². The summed E-state index contributed by atoms with van der Waals surface area (Å²) in [6.45, 7) is 10.4. The summed E-state index contributed by atoms with van der Waals surface area (Å²) in [5.74, 6) is 0.707. The van der Waals surface area contributed by atoms with E-state index in [0.29, 0.717) is 12.1 Å². The predicted molar refractivity (Wildman–Crippen MR) is 123 cm³/mol. The Labute approximate surface area is 183 Å². The van der Waals surface area contributed by atoms with Gasteiger partial charge >= 0.3 is 0 Å². The van der Waals surface area contributed by atoms with Crippen molar-refractivity contribution in [2.45, 2.75) is 47.2 Å². The number of anilines is 1. The van der Waals surface area contributed by atoms with E-state index >= 15 is 0 Å². The van der Waals surface area contributed by atoms with Crippen LogP contribution in [0.5, 0.6) is 0 Å². The van der Waals surface area contributed by atoms with Crippen molar-refractivity contribution in [2.75, 3.05) is 18.9 Å². The van der Waals surface area contributed by atoms with Crippen molar-refractivity contribution in [2.24, 2.45) is 0 Å². The van der Waals surface area contributed by atoms with Gasteiger partial charge in [0.1, 0.15) is 5.76 Å². The lowest BCUT2D eigenvalue weighted by Crippen LogP contribution is -2.41. The molecule has 31 heavy (non-hydrogen) atoms. The summed E-state index contributed by atoms with van der Waals surface area (Å²) < 4.78 is 7.53. The Morgan fingerprint density at radius 1 is 1.10 bits per heavy atom. The molecule has 6 nitrogen and oxygen atoms in total. The highest BCUT2D eigenvalue weighted by Crippen LogP contribution is 2.21. The zero-order valence-corrected chi connectivity index (χ0v) is 19.2. The van der Waals surface area contributed by atoms with Crippen LogP contribution in [0.1, 0.15) is 45.6 Å². The summed E-state index contributed by atoms with van der Waals surface area (Å²) in [4.78, 5) is 27.6. The van der Waals surface area contributed by atoms with E-state index in [0.717, 1.165) is 34.0 Å². The number of benzene rings is 1. The molecule has 1 N–H and O–H groups in total. The van der Waals surface area contributed by atoms with E-state index in [1.54, 1.807) is 18.2 Å². The Morgan fingerprint density at radius 2 is 1.77 bits per heavy atom. The highest BCUT2D eigenvalue weighted by molar-refractivity contribution is 6.01. The molecule has 3 rings (SSSR count). The predicted octanol–water partition coefficient (Wildman–Crippen LogP) is 4.50. The minimum atomic E-state index is -0.429. The number of carbonyl (C=O) groups is 2. The number of ketones is 1. The first-order valence-corrected chi connectivity index (χ1v) is 10.5. The summed E-state index contributed by atoms with van der Waals surface area (Å²) in [7, 11) is 1.80. The van der Waals surface area contributed by atoms with Crippen molar-refractivity contribution in [3.8, 4) is 0 Å². The van der Waals surface area contributed by atoms with E-state index in [-0.39, 0.29) is 18.2 Å². The molecule has 0 spiro atoms. The van der Waals surface area contributed by atoms with Crippen molar-refractivity contribution < 1.29 is 14.0 Å². The minimum Gasteiger partial charge on any atom is -0.467 e. The second kappa shape index (κ2) is 9.35. The number of hydrogen-bond donors (Lipinski definition) is 1. The average Bonchev–Trinajstić information content (AvgIpc) is 3.33. The second-order valence-electron chi connectivity index (χ2n) is 8.22. The van der Waals surface area contributed by atoms with Crippen LogP contribution in [-0.4, -0.2) is 40.8 Å². The van der Waals surface area contributed by atoms with E-state index in [2.05, 4.69) is 9.88 Å². The quantitative estimate of drug-likeness (QED) is 0.544. The second-order valence-corrected chi connectivity index (χ2v) is 8.22. The van der Waals surface area contributed by atoms with E-state index in [4.69, 9.17) is 4.42 Å². The van der Waals surface area contributed by atoms with Crippen LogP contribution in [0.25, 0.3) is 0 Å². The molecule has 0 fully saturated rings. The number of aromatic nitrogens is 1. The topological polar surface area (TPSA) is 67.5 Å². The van der Waals surface area contributed by atoms with Gasteiger partial charge in [0.05, 0.1) is 25.4 Å². The van der Waals surface area contributed by atoms with Gasteiger partial charge < -0.3 is 14.3 Å². The van der Waals surface area contributed by atoms with Gasteiger partial charge in [0.2, 0.25) is 5.91 Å². The molecule has 1 amide bonds. The highest BCUT2D eigenvalue weighted by Gasteiger charge is 2.25. The smallest absolute Gasteiger partial charge is 0.238 e. The van der Waals surface area contributed by atoms with Crippen LogP contribution in [0.4, 0.5) is 5.69 Å². The third kappa shape index (κ3) is 4.97. The lowest BCUT2D eigenvalue weighted by Gasteiger charge is -2.23. The number of rotatable bonds is 8. The van der Waals surface area contributed by atoms with Gasteiger partial charge in [-0.25, -0.2) is 0 Å². The van der Waals surface area contributed by atoms with Crippen LogP contribution >= 0.6 is 0 Å². The normalized spacial score (nSPS) is 12.2. The molecule has 1 atom stereocenters. The zero-order chi connectivity index (χ0) is 22.7. The average molecular weight is 422 g/mol. The molecule has 0 radical (unpaired) electrons. The van der Waals surface area contributed by atoms with Gasteiger partial charge in [0, 0.05) is 22.6 Å². The molecule has 164 valence electrons. The van der Waals surface area contributed by atoms with Gasteiger partial charge in [-0.2, -0.15) is 0 Å². The number of carbonyl (C=O) groups excluding carboxylic acids is 2. The standard InChI is InChI=1S/C25H31N3O3/c1-16-9-7-10-17(2)24(16)26-23(29)15-27(6)20(5)25(30)22-13-18(3)28(19(22)4)14-21-11-8-12-31-21/h7-13,20H,14-15H2,1-6H3,(H,26,29)/t20-/m0/s1. The summed E-state index contributed by atoms with van der Waals surface area (Å²) in [5, 5.41) is 2.99. The molecule has 6 heteroatoms. The van der Waals surface area contributed by atoms with Gasteiger partial charge in [-0.15, -0.1) is 0 Å². The first kappa shape index (κ1) is 22.6. The largest absolute Gasteiger partial charge is 0.467 e. The Bertz CT molecular complexity index is 1060.